The van der Waals surface area contributed by atoms with Gasteiger partial charge in [0.15, 0.2) is 0 Å². The molecule has 1 aromatic rings. The largest absolute Gasteiger partial charge is 0.380 e. The van der Waals surface area contributed by atoms with Gasteiger partial charge in [-0.05, 0) is 38.7 Å². The van der Waals surface area contributed by atoms with E-state index in [4.69, 9.17) is 9.84 Å². The zero-order chi connectivity index (χ0) is 16.5. The van der Waals surface area contributed by atoms with E-state index >= 15 is 0 Å². The summed E-state index contributed by atoms with van der Waals surface area (Å²) in [6, 6.07) is 4.98. The number of rotatable bonds is 3. The van der Waals surface area contributed by atoms with Crippen LogP contribution in [-0.4, -0.2) is 23.0 Å². The summed E-state index contributed by atoms with van der Waals surface area (Å²) in [5.74, 6) is 0.394. The van der Waals surface area contributed by atoms with E-state index in [0.717, 1.165) is 37.4 Å². The summed E-state index contributed by atoms with van der Waals surface area (Å²) in [4.78, 5) is 0. The van der Waals surface area contributed by atoms with Crippen molar-refractivity contribution in [3.63, 3.8) is 0 Å². The molecule has 2 heterocycles. The summed E-state index contributed by atoms with van der Waals surface area (Å²) in [6.07, 6.45) is 2.28. The van der Waals surface area contributed by atoms with Crippen LogP contribution in [0, 0.1) is 16.7 Å². The molecule has 0 N–H and O–H groups in total. The van der Waals surface area contributed by atoms with Crippen LogP contribution in [0.2, 0.25) is 0 Å². The lowest BCUT2D eigenvalue weighted by atomic mass is 9.64. The van der Waals surface area contributed by atoms with E-state index in [2.05, 4.69) is 30.7 Å². The predicted octanol–water partition coefficient (Wildman–Crippen LogP) is 4.19. The topological polar surface area (TPSA) is 50.8 Å². The van der Waals surface area contributed by atoms with E-state index in [1.165, 1.54) is 0 Å². The minimum Gasteiger partial charge on any atom is -0.380 e. The third-order valence-electron chi connectivity index (χ3n) is 4.77. The zero-order valence-corrected chi connectivity index (χ0v) is 14.8. The van der Waals surface area contributed by atoms with Crippen LogP contribution in [0.3, 0.4) is 0 Å². The quantitative estimate of drug-likeness (QED) is 0.841. The first kappa shape index (κ1) is 17.0. The van der Waals surface area contributed by atoms with Crippen molar-refractivity contribution in [1.29, 1.82) is 5.26 Å². The Morgan fingerprint density at radius 2 is 1.95 bits per heavy atom. The molecule has 1 spiro atoms. The molecule has 3 rings (SSSR count). The second-order valence-corrected chi connectivity index (χ2v) is 7.35. The van der Waals surface area contributed by atoms with E-state index < -0.39 is 5.41 Å². The summed E-state index contributed by atoms with van der Waals surface area (Å²) in [6.45, 7) is 14.1. The van der Waals surface area contributed by atoms with Gasteiger partial charge in [0.1, 0.15) is 0 Å². The molecule has 1 saturated heterocycles. The van der Waals surface area contributed by atoms with Crippen molar-refractivity contribution in [3.8, 4) is 6.07 Å². The molecule has 1 aromatic heterocycles. The zero-order valence-electron chi connectivity index (χ0n) is 14.8. The molecular weight excluding hydrogens is 274 g/mol. The summed E-state index contributed by atoms with van der Waals surface area (Å²) < 4.78 is 7.47. The Morgan fingerprint density at radius 1 is 1.36 bits per heavy atom. The summed E-state index contributed by atoms with van der Waals surface area (Å²) >= 11 is 0. The molecule has 1 saturated carbocycles. The Morgan fingerprint density at radius 3 is 2.36 bits per heavy atom. The fourth-order valence-corrected chi connectivity index (χ4v) is 3.24. The van der Waals surface area contributed by atoms with Crippen LogP contribution in [0.15, 0.2) is 6.07 Å². The first-order valence-corrected chi connectivity index (χ1v) is 8.46. The molecule has 0 unspecified atom stereocenters. The predicted molar refractivity (Wildman–Crippen MR) is 87.8 cm³/mol. The van der Waals surface area contributed by atoms with Gasteiger partial charge in [0.05, 0.1) is 42.1 Å². The van der Waals surface area contributed by atoms with Gasteiger partial charge in [0, 0.05) is 5.41 Å². The van der Waals surface area contributed by atoms with Gasteiger partial charge < -0.3 is 4.74 Å². The molecule has 4 nitrogen and oxygen atoms in total. The Bertz CT molecular complexity index is 553. The van der Waals surface area contributed by atoms with E-state index in [-0.39, 0.29) is 0 Å². The van der Waals surface area contributed by atoms with Gasteiger partial charge in [-0.2, -0.15) is 10.4 Å². The number of hydrogen-bond acceptors (Lipinski definition) is 3. The van der Waals surface area contributed by atoms with Gasteiger partial charge in [0.2, 0.25) is 0 Å². The van der Waals surface area contributed by atoms with Gasteiger partial charge >= 0.3 is 0 Å². The Labute approximate surface area is 134 Å². The second kappa shape index (κ2) is 6.04. The normalized spacial score (nSPS) is 19.9. The maximum Gasteiger partial charge on any atom is 0.0934 e. The van der Waals surface area contributed by atoms with Crippen molar-refractivity contribution in [2.24, 2.45) is 5.41 Å². The smallest absolute Gasteiger partial charge is 0.0934 e. The van der Waals surface area contributed by atoms with Gasteiger partial charge in [-0.15, -0.1) is 0 Å². The van der Waals surface area contributed by atoms with Crippen molar-refractivity contribution in [2.75, 3.05) is 13.2 Å². The van der Waals surface area contributed by atoms with Gasteiger partial charge in [-0.1, -0.05) is 27.7 Å². The highest BCUT2D eigenvalue weighted by Gasteiger charge is 2.51. The van der Waals surface area contributed by atoms with Crippen LogP contribution >= 0.6 is 0 Å². The van der Waals surface area contributed by atoms with Gasteiger partial charge in [-0.25, -0.2) is 0 Å². The lowest BCUT2D eigenvalue weighted by Crippen LogP contribution is -2.53. The first-order valence-electron chi connectivity index (χ1n) is 8.46. The molecule has 122 valence electrons. The molecule has 0 aromatic carbocycles. The van der Waals surface area contributed by atoms with Crippen LogP contribution in [-0.2, 0) is 10.2 Å². The molecule has 2 aliphatic rings. The van der Waals surface area contributed by atoms with Crippen molar-refractivity contribution in [2.45, 2.75) is 71.8 Å². The van der Waals surface area contributed by atoms with E-state index in [0.29, 0.717) is 17.4 Å². The van der Waals surface area contributed by atoms with E-state index in [1.807, 2.05) is 27.7 Å². The van der Waals surface area contributed by atoms with Crippen molar-refractivity contribution in [3.05, 3.63) is 17.5 Å². The maximum absolute atomic E-state index is 9.44. The standard InChI is InChI=1S/C16H23N3O.C2H6/c1-11(2)13-5-14(15(3,4)8-17)19(18-13)12-6-16(7-12)9-20-10-16;1-2/h5,11-12H,6-7,9-10H2,1-4H3;1-2H3. The maximum atomic E-state index is 9.44. The Hall–Kier alpha value is -1.34. The van der Waals surface area contributed by atoms with Crippen molar-refractivity contribution < 1.29 is 4.74 Å². The fourth-order valence-electron chi connectivity index (χ4n) is 3.24. The third-order valence-corrected chi connectivity index (χ3v) is 4.77. The molecule has 2 fully saturated rings. The molecule has 0 bridgehead atoms. The average Bonchev–Trinajstić information content (AvgIpc) is 2.84. The first-order chi connectivity index (χ1) is 10.4. The Kier molecular flexibility index (Phi) is 4.67. The monoisotopic (exact) mass is 303 g/mol. The Balaban J connectivity index is 0.000000847. The summed E-state index contributed by atoms with van der Waals surface area (Å²) in [5.41, 5.74) is 2.08. The van der Waals surface area contributed by atoms with Crippen LogP contribution in [0.5, 0.6) is 0 Å². The highest BCUT2D eigenvalue weighted by atomic mass is 16.5. The van der Waals surface area contributed by atoms with Crippen LogP contribution < -0.4 is 0 Å². The van der Waals surface area contributed by atoms with E-state index in [9.17, 15) is 5.26 Å². The number of ether oxygens (including phenoxy) is 1. The molecule has 0 amide bonds. The number of aromatic nitrogens is 2. The van der Waals surface area contributed by atoms with E-state index in [1.54, 1.807) is 0 Å². The highest BCUT2D eigenvalue weighted by Crippen LogP contribution is 2.53. The number of hydrogen-bond donors (Lipinski definition) is 0. The van der Waals surface area contributed by atoms with Crippen LogP contribution in [0.1, 0.15) is 77.7 Å². The minimum atomic E-state index is -0.487. The molecule has 1 aliphatic heterocycles. The summed E-state index contributed by atoms with van der Waals surface area (Å²) in [7, 11) is 0. The van der Waals surface area contributed by atoms with Gasteiger partial charge in [0.25, 0.3) is 0 Å². The van der Waals surface area contributed by atoms with Crippen LogP contribution in [0.4, 0.5) is 0 Å². The number of nitriles is 1. The third kappa shape index (κ3) is 2.79. The molecule has 1 aliphatic carbocycles. The minimum absolute atomic E-state index is 0.394. The molecule has 22 heavy (non-hydrogen) atoms. The SMILES string of the molecule is CC.CC(C)c1cc(C(C)(C)C#N)n(C2CC3(COC3)C2)n1. The average molecular weight is 303 g/mol. The summed E-state index contributed by atoms with van der Waals surface area (Å²) in [5, 5.41) is 14.2. The van der Waals surface area contributed by atoms with Gasteiger partial charge in [-0.3, -0.25) is 4.68 Å². The number of nitrogens with zero attached hydrogens (tertiary/aromatic N) is 3. The molecule has 0 atom stereocenters. The second-order valence-electron chi connectivity index (χ2n) is 7.35. The fraction of sp³-hybridized carbons (Fsp3) is 0.778. The van der Waals surface area contributed by atoms with Crippen LogP contribution in [0.25, 0.3) is 0 Å². The van der Waals surface area contributed by atoms with Crippen molar-refractivity contribution in [1.82, 2.24) is 9.78 Å². The van der Waals surface area contributed by atoms with Crippen molar-refractivity contribution >= 4 is 0 Å². The lowest BCUT2D eigenvalue weighted by Gasteiger charge is -2.53. The molecular formula is C18H29N3O. The highest BCUT2D eigenvalue weighted by molar-refractivity contribution is 5.28. The molecule has 4 heteroatoms. The molecule has 0 radical (unpaired) electrons. The lowest BCUT2D eigenvalue weighted by molar-refractivity contribution is -0.176.